The number of hydrogen-bond donors (Lipinski definition) is 3. The molecule has 0 saturated heterocycles. The number of urea groups is 1. The first kappa shape index (κ1) is 16.5. The van der Waals surface area contributed by atoms with Crippen LogP contribution < -0.4 is 10.6 Å². The maximum absolute atomic E-state index is 11.7. The fourth-order valence-electron chi connectivity index (χ4n) is 1.74. The van der Waals surface area contributed by atoms with Crippen molar-refractivity contribution in [2.45, 2.75) is 26.3 Å². The van der Waals surface area contributed by atoms with Gasteiger partial charge in [-0.05, 0) is 30.5 Å². The molecule has 1 rings (SSSR count). The highest BCUT2D eigenvalue weighted by Crippen LogP contribution is 2.17. The van der Waals surface area contributed by atoms with Crippen LogP contribution in [0.3, 0.4) is 0 Å². The van der Waals surface area contributed by atoms with Gasteiger partial charge in [-0.25, -0.2) is 4.79 Å². The van der Waals surface area contributed by atoms with Crippen molar-refractivity contribution in [3.8, 4) is 0 Å². The molecule has 2 unspecified atom stereocenters. The first-order chi connectivity index (χ1) is 9.38. The smallest absolute Gasteiger partial charge is 0.315 e. The quantitative estimate of drug-likeness (QED) is 0.743. The summed E-state index contributed by atoms with van der Waals surface area (Å²) in [7, 11) is 0. The normalized spacial score (nSPS) is 13.3. The lowest BCUT2D eigenvalue weighted by molar-refractivity contribution is -0.137. The van der Waals surface area contributed by atoms with Crippen molar-refractivity contribution in [2.75, 3.05) is 6.54 Å². The third-order valence-corrected chi connectivity index (χ3v) is 3.32. The van der Waals surface area contributed by atoms with Crippen LogP contribution in [0.1, 0.15) is 31.9 Å². The summed E-state index contributed by atoms with van der Waals surface area (Å²) >= 11 is 3.39. The monoisotopic (exact) mass is 342 g/mol. The first-order valence-corrected chi connectivity index (χ1v) is 7.19. The van der Waals surface area contributed by atoms with Crippen LogP contribution in [0.5, 0.6) is 0 Å². The minimum atomic E-state index is -0.859. The molecule has 110 valence electrons. The molecule has 0 heterocycles. The van der Waals surface area contributed by atoms with Crippen molar-refractivity contribution in [3.63, 3.8) is 0 Å². The average molecular weight is 343 g/mol. The summed E-state index contributed by atoms with van der Waals surface area (Å²) in [6, 6.07) is 7.28. The third-order valence-electron chi connectivity index (χ3n) is 2.83. The first-order valence-electron chi connectivity index (χ1n) is 6.40. The second kappa shape index (κ2) is 7.89. The molecule has 20 heavy (non-hydrogen) atoms. The van der Waals surface area contributed by atoms with Crippen LogP contribution in [0, 0.1) is 5.92 Å². The number of rotatable bonds is 6. The number of hydrogen-bond acceptors (Lipinski definition) is 2. The number of carboxylic acids is 1. The summed E-state index contributed by atoms with van der Waals surface area (Å²) in [6.07, 6.45) is 0.0431. The number of benzene rings is 1. The molecule has 0 aliphatic rings. The Morgan fingerprint density at radius 1 is 1.35 bits per heavy atom. The Hall–Kier alpha value is -1.56. The van der Waals surface area contributed by atoms with Gasteiger partial charge in [0.1, 0.15) is 0 Å². The van der Waals surface area contributed by atoms with Crippen LogP contribution in [0.15, 0.2) is 28.7 Å². The van der Waals surface area contributed by atoms with Crippen LogP contribution in [0.2, 0.25) is 0 Å². The molecule has 2 atom stereocenters. The molecule has 1 aromatic rings. The number of halogens is 1. The Labute approximate surface area is 126 Å². The van der Waals surface area contributed by atoms with E-state index >= 15 is 0 Å². The van der Waals surface area contributed by atoms with Crippen molar-refractivity contribution in [2.24, 2.45) is 5.92 Å². The number of carbonyl (C=O) groups is 2. The van der Waals surface area contributed by atoms with Crippen molar-refractivity contribution in [1.29, 1.82) is 0 Å². The van der Waals surface area contributed by atoms with Crippen LogP contribution in [-0.2, 0) is 4.79 Å². The highest BCUT2D eigenvalue weighted by atomic mass is 79.9. The summed E-state index contributed by atoms with van der Waals surface area (Å²) in [4.78, 5) is 22.2. The third kappa shape index (κ3) is 6.06. The molecule has 1 aromatic carbocycles. The zero-order valence-corrected chi connectivity index (χ0v) is 13.1. The van der Waals surface area contributed by atoms with Gasteiger partial charge in [0, 0.05) is 17.4 Å². The SMILES string of the molecule is CC(CNC(=O)NC(C)c1cccc(Br)c1)CC(=O)O. The second-order valence-electron chi connectivity index (χ2n) is 4.83. The Kier molecular flexibility index (Phi) is 6.51. The van der Waals surface area contributed by atoms with Gasteiger partial charge in [0.2, 0.25) is 0 Å². The van der Waals surface area contributed by atoms with Crippen molar-refractivity contribution >= 4 is 27.9 Å². The average Bonchev–Trinajstić information content (AvgIpc) is 2.35. The summed E-state index contributed by atoms with van der Waals surface area (Å²) in [5.41, 5.74) is 0.994. The summed E-state index contributed by atoms with van der Waals surface area (Å²) in [5, 5.41) is 14.1. The number of aliphatic carboxylic acids is 1. The maximum Gasteiger partial charge on any atom is 0.315 e. The fraction of sp³-hybridized carbons (Fsp3) is 0.429. The van der Waals surface area contributed by atoms with Gasteiger partial charge in [0.15, 0.2) is 0 Å². The van der Waals surface area contributed by atoms with Gasteiger partial charge in [-0.1, -0.05) is 35.0 Å². The van der Waals surface area contributed by atoms with Crippen molar-refractivity contribution in [1.82, 2.24) is 10.6 Å². The molecule has 5 nitrogen and oxygen atoms in total. The minimum absolute atomic E-state index is 0.0431. The largest absolute Gasteiger partial charge is 0.481 e. The van der Waals surface area contributed by atoms with Gasteiger partial charge in [-0.2, -0.15) is 0 Å². The van der Waals surface area contributed by atoms with Crippen LogP contribution in [-0.4, -0.2) is 23.7 Å². The van der Waals surface area contributed by atoms with Gasteiger partial charge in [0.25, 0.3) is 0 Å². The molecular formula is C14H19BrN2O3. The van der Waals surface area contributed by atoms with E-state index < -0.39 is 5.97 Å². The molecule has 0 spiro atoms. The molecule has 0 saturated carbocycles. The number of amides is 2. The number of carbonyl (C=O) groups excluding carboxylic acids is 1. The van der Waals surface area contributed by atoms with E-state index in [0.29, 0.717) is 6.54 Å². The highest BCUT2D eigenvalue weighted by molar-refractivity contribution is 9.10. The van der Waals surface area contributed by atoms with Crippen LogP contribution in [0.25, 0.3) is 0 Å². The molecule has 0 bridgehead atoms. The van der Waals surface area contributed by atoms with E-state index in [1.807, 2.05) is 31.2 Å². The Morgan fingerprint density at radius 2 is 2.05 bits per heavy atom. The van der Waals surface area contributed by atoms with E-state index in [4.69, 9.17) is 5.11 Å². The summed E-state index contributed by atoms with van der Waals surface area (Å²) in [6.45, 7) is 4.01. The lowest BCUT2D eigenvalue weighted by Gasteiger charge is -2.16. The maximum atomic E-state index is 11.7. The van der Waals surface area contributed by atoms with E-state index in [1.54, 1.807) is 6.92 Å². The number of carboxylic acid groups (broad SMARTS) is 1. The summed E-state index contributed by atoms with van der Waals surface area (Å²) in [5.74, 6) is -0.957. The predicted molar refractivity (Wildman–Crippen MR) is 80.5 cm³/mol. The van der Waals surface area contributed by atoms with E-state index in [9.17, 15) is 9.59 Å². The molecule has 0 fully saturated rings. The lowest BCUT2D eigenvalue weighted by Crippen LogP contribution is -2.39. The standard InChI is InChI=1S/C14H19BrN2O3/c1-9(6-13(18)19)8-16-14(20)17-10(2)11-4-3-5-12(15)7-11/h3-5,7,9-10H,6,8H2,1-2H3,(H,18,19)(H2,16,17,20). The highest BCUT2D eigenvalue weighted by Gasteiger charge is 2.12. The van der Waals surface area contributed by atoms with Gasteiger partial charge in [-0.15, -0.1) is 0 Å². The van der Waals surface area contributed by atoms with E-state index in [-0.39, 0.29) is 24.4 Å². The van der Waals surface area contributed by atoms with Gasteiger partial charge in [0.05, 0.1) is 6.04 Å². The predicted octanol–water partition coefficient (Wildman–Crippen LogP) is 2.92. The molecular weight excluding hydrogens is 324 g/mol. The Balaban J connectivity index is 2.40. The molecule has 2 amide bonds. The van der Waals surface area contributed by atoms with Gasteiger partial charge in [-0.3, -0.25) is 4.79 Å². The molecule has 0 radical (unpaired) electrons. The zero-order chi connectivity index (χ0) is 15.1. The van der Waals surface area contributed by atoms with Crippen molar-refractivity contribution in [3.05, 3.63) is 34.3 Å². The fourth-order valence-corrected chi connectivity index (χ4v) is 2.16. The van der Waals surface area contributed by atoms with E-state index in [0.717, 1.165) is 10.0 Å². The van der Waals surface area contributed by atoms with Gasteiger partial charge >= 0.3 is 12.0 Å². The second-order valence-corrected chi connectivity index (χ2v) is 5.75. The van der Waals surface area contributed by atoms with E-state index in [2.05, 4.69) is 26.6 Å². The molecule has 0 aliphatic heterocycles. The Bertz CT molecular complexity index is 479. The van der Waals surface area contributed by atoms with Gasteiger partial charge < -0.3 is 15.7 Å². The summed E-state index contributed by atoms with van der Waals surface area (Å²) < 4.78 is 0.958. The zero-order valence-electron chi connectivity index (χ0n) is 11.5. The van der Waals surface area contributed by atoms with E-state index in [1.165, 1.54) is 0 Å². The molecule has 0 aliphatic carbocycles. The lowest BCUT2D eigenvalue weighted by atomic mass is 10.1. The Morgan fingerprint density at radius 3 is 2.65 bits per heavy atom. The number of nitrogens with one attached hydrogen (secondary N) is 2. The van der Waals surface area contributed by atoms with Crippen LogP contribution >= 0.6 is 15.9 Å². The molecule has 6 heteroatoms. The molecule has 0 aromatic heterocycles. The minimum Gasteiger partial charge on any atom is -0.481 e. The molecule has 3 N–H and O–H groups in total. The van der Waals surface area contributed by atoms with Crippen LogP contribution in [0.4, 0.5) is 4.79 Å². The van der Waals surface area contributed by atoms with Crippen molar-refractivity contribution < 1.29 is 14.7 Å². The topological polar surface area (TPSA) is 78.4 Å².